The molecule has 1 aromatic heterocycles. The summed E-state index contributed by atoms with van der Waals surface area (Å²) in [6.45, 7) is 4.01. The predicted octanol–water partition coefficient (Wildman–Crippen LogP) is 1.59. The second kappa shape index (κ2) is 10.1. The van der Waals surface area contributed by atoms with Gasteiger partial charge in [-0.2, -0.15) is 8.42 Å². The van der Waals surface area contributed by atoms with E-state index in [-0.39, 0.29) is 12.6 Å². The first-order valence-electron chi connectivity index (χ1n) is 8.08. The lowest BCUT2D eigenvalue weighted by atomic mass is 10.1. The summed E-state index contributed by atoms with van der Waals surface area (Å²) >= 11 is 0. The molecular weight excluding hydrogens is 372 g/mol. The van der Waals surface area contributed by atoms with Crippen LogP contribution in [0.1, 0.15) is 29.8 Å². The first kappa shape index (κ1) is 22.7. The first-order chi connectivity index (χ1) is 12.5. The lowest BCUT2D eigenvalue weighted by Crippen LogP contribution is -2.44. The van der Waals surface area contributed by atoms with Gasteiger partial charge in [0.15, 0.2) is 0 Å². The number of carbonyl (C=O) groups excluding carboxylic acids is 1. The third kappa shape index (κ3) is 9.25. The largest absolute Gasteiger partial charge is 0.424 e. The minimum Gasteiger partial charge on any atom is -0.424 e. The number of hydrogen-bond acceptors (Lipinski definition) is 7. The molecule has 1 heterocycles. The second-order valence-corrected chi connectivity index (χ2v) is 7.51. The molecule has 0 bridgehead atoms. The highest BCUT2D eigenvalue weighted by atomic mass is 32.2. The molecule has 0 aliphatic heterocycles. The number of hydrogen-bond donors (Lipinski definition) is 3. The fourth-order valence-electron chi connectivity index (χ4n) is 1.94. The van der Waals surface area contributed by atoms with E-state index in [2.05, 4.69) is 10.3 Å². The molecule has 2 aromatic rings. The average Bonchev–Trinajstić information content (AvgIpc) is 2.60. The van der Waals surface area contributed by atoms with Crippen molar-refractivity contribution in [2.45, 2.75) is 25.7 Å². The highest BCUT2D eigenvalue weighted by molar-refractivity contribution is 7.85. The van der Waals surface area contributed by atoms with Crippen molar-refractivity contribution in [1.82, 2.24) is 10.3 Å². The summed E-state index contributed by atoms with van der Waals surface area (Å²) in [6, 6.07) is 12.1. The van der Waals surface area contributed by atoms with Gasteiger partial charge in [0.2, 0.25) is 0 Å². The second-order valence-electron chi connectivity index (χ2n) is 6.04. The molecule has 1 unspecified atom stereocenters. The van der Waals surface area contributed by atoms with Gasteiger partial charge < -0.3 is 15.2 Å². The Morgan fingerprint density at radius 1 is 1.19 bits per heavy atom. The average molecular weight is 396 g/mol. The van der Waals surface area contributed by atoms with Gasteiger partial charge in [-0.3, -0.25) is 9.54 Å². The molecule has 8 nitrogen and oxygen atoms in total. The molecule has 0 spiro atoms. The number of rotatable bonds is 6. The summed E-state index contributed by atoms with van der Waals surface area (Å²) in [5.74, 6) is -2.33. The molecule has 9 heteroatoms. The zero-order valence-corrected chi connectivity index (χ0v) is 16.2. The molecule has 0 radical (unpaired) electrons. The van der Waals surface area contributed by atoms with E-state index in [1.807, 2.05) is 19.9 Å². The minimum absolute atomic E-state index is 0.103. The molecular formula is C18H24N2O6S. The summed E-state index contributed by atoms with van der Waals surface area (Å²) in [5, 5.41) is 13.9. The zero-order chi connectivity index (χ0) is 20.5. The van der Waals surface area contributed by atoms with Crippen molar-refractivity contribution in [3.63, 3.8) is 0 Å². The quantitative estimate of drug-likeness (QED) is 0.382. The fourth-order valence-corrected chi connectivity index (χ4v) is 1.94. The number of nitrogens with one attached hydrogen (secondary N) is 1. The van der Waals surface area contributed by atoms with E-state index in [4.69, 9.17) is 9.29 Å². The SMILES string of the molecule is CC(C)NCC(O)(OC(=O)c1ccncc1)c1ccccc1.CS(=O)(=O)O. The fraction of sp³-hybridized carbons (Fsp3) is 0.333. The molecule has 0 amide bonds. The van der Waals surface area contributed by atoms with Crippen LogP contribution in [0.2, 0.25) is 0 Å². The van der Waals surface area contributed by atoms with E-state index in [9.17, 15) is 18.3 Å². The standard InChI is InChI=1S/C17H20N2O3.CH4O3S/c1-13(2)19-12-17(21,15-6-4-3-5-7-15)22-16(20)14-8-10-18-11-9-14;1-5(2,3)4/h3-11,13,19,21H,12H2,1-2H3;1H3,(H,2,3,4). The third-order valence-electron chi connectivity index (χ3n) is 3.15. The van der Waals surface area contributed by atoms with Crippen LogP contribution in [0.15, 0.2) is 54.9 Å². The molecule has 0 aliphatic carbocycles. The maximum atomic E-state index is 12.2. The highest BCUT2D eigenvalue weighted by Crippen LogP contribution is 2.23. The van der Waals surface area contributed by atoms with Gasteiger partial charge in [0.25, 0.3) is 15.9 Å². The predicted molar refractivity (Wildman–Crippen MR) is 101 cm³/mol. The Hall–Kier alpha value is -2.33. The third-order valence-corrected chi connectivity index (χ3v) is 3.15. The van der Waals surface area contributed by atoms with Crippen molar-refractivity contribution in [1.29, 1.82) is 0 Å². The lowest BCUT2D eigenvalue weighted by Gasteiger charge is -2.29. The summed E-state index contributed by atoms with van der Waals surface area (Å²) in [4.78, 5) is 16.1. The molecule has 1 aromatic carbocycles. The molecule has 2 rings (SSSR count). The van der Waals surface area contributed by atoms with Crippen LogP contribution in [0.5, 0.6) is 0 Å². The van der Waals surface area contributed by atoms with Gasteiger partial charge >= 0.3 is 5.97 Å². The molecule has 1 atom stereocenters. The van der Waals surface area contributed by atoms with Gasteiger partial charge in [0, 0.05) is 24.0 Å². The molecule has 3 N–H and O–H groups in total. The highest BCUT2D eigenvalue weighted by Gasteiger charge is 2.34. The van der Waals surface area contributed by atoms with Crippen molar-refractivity contribution < 1.29 is 27.6 Å². The van der Waals surface area contributed by atoms with Crippen molar-refractivity contribution in [2.75, 3.05) is 12.8 Å². The normalized spacial score (nSPS) is 13.3. The van der Waals surface area contributed by atoms with E-state index < -0.39 is 21.9 Å². The van der Waals surface area contributed by atoms with Crippen LogP contribution in [0.25, 0.3) is 0 Å². The van der Waals surface area contributed by atoms with Crippen LogP contribution in [-0.4, -0.2) is 47.9 Å². The van der Waals surface area contributed by atoms with E-state index in [0.717, 1.165) is 0 Å². The first-order valence-corrected chi connectivity index (χ1v) is 9.93. The van der Waals surface area contributed by atoms with Gasteiger partial charge in [-0.15, -0.1) is 0 Å². The Morgan fingerprint density at radius 2 is 1.70 bits per heavy atom. The van der Waals surface area contributed by atoms with Crippen molar-refractivity contribution in [3.8, 4) is 0 Å². The smallest absolute Gasteiger partial charge is 0.341 e. The number of benzene rings is 1. The summed E-state index contributed by atoms with van der Waals surface area (Å²) < 4.78 is 31.3. The molecule has 0 saturated carbocycles. The topological polar surface area (TPSA) is 126 Å². The van der Waals surface area contributed by atoms with Gasteiger partial charge in [-0.25, -0.2) is 4.79 Å². The number of nitrogens with zero attached hydrogens (tertiary/aromatic N) is 1. The number of pyridine rings is 1. The minimum atomic E-state index is -3.67. The molecule has 0 saturated heterocycles. The molecule has 148 valence electrons. The number of esters is 1. The van der Waals surface area contributed by atoms with Crippen LogP contribution < -0.4 is 5.32 Å². The number of aliphatic hydroxyl groups is 1. The van der Waals surface area contributed by atoms with Crippen molar-refractivity contribution in [3.05, 3.63) is 66.0 Å². The van der Waals surface area contributed by atoms with Crippen LogP contribution in [0.3, 0.4) is 0 Å². The summed E-state index contributed by atoms with van der Waals surface area (Å²) in [7, 11) is -3.67. The van der Waals surface area contributed by atoms with Crippen LogP contribution in [0, 0.1) is 0 Å². The van der Waals surface area contributed by atoms with E-state index >= 15 is 0 Å². The molecule has 0 fully saturated rings. The molecule has 0 aliphatic rings. The zero-order valence-electron chi connectivity index (χ0n) is 15.4. The van der Waals surface area contributed by atoms with Gasteiger partial charge in [-0.1, -0.05) is 44.2 Å². The maximum absolute atomic E-state index is 12.2. The number of carbonyl (C=O) groups is 1. The Labute approximate surface area is 159 Å². The van der Waals surface area contributed by atoms with E-state index in [1.54, 1.807) is 36.4 Å². The molecule has 27 heavy (non-hydrogen) atoms. The summed E-state index contributed by atoms with van der Waals surface area (Å²) in [6.07, 6.45) is 3.72. The van der Waals surface area contributed by atoms with Crippen LogP contribution >= 0.6 is 0 Å². The van der Waals surface area contributed by atoms with E-state index in [0.29, 0.717) is 17.4 Å². The van der Waals surface area contributed by atoms with Gasteiger partial charge in [0.05, 0.1) is 18.4 Å². The maximum Gasteiger partial charge on any atom is 0.341 e. The summed E-state index contributed by atoms with van der Waals surface area (Å²) in [5.41, 5.74) is 0.861. The Kier molecular flexibility index (Phi) is 8.51. The number of ether oxygens (including phenoxy) is 1. The monoisotopic (exact) mass is 396 g/mol. The Balaban J connectivity index is 0.000000646. The lowest BCUT2D eigenvalue weighted by molar-refractivity contribution is -0.170. The van der Waals surface area contributed by atoms with Crippen LogP contribution in [0.4, 0.5) is 0 Å². The van der Waals surface area contributed by atoms with Crippen molar-refractivity contribution in [2.24, 2.45) is 0 Å². The van der Waals surface area contributed by atoms with Crippen molar-refractivity contribution >= 4 is 16.1 Å². The Bertz CT molecular complexity index is 804. The van der Waals surface area contributed by atoms with Gasteiger partial charge in [0.1, 0.15) is 0 Å². The van der Waals surface area contributed by atoms with E-state index in [1.165, 1.54) is 12.4 Å². The Morgan fingerprint density at radius 3 is 2.19 bits per heavy atom. The number of aromatic nitrogens is 1. The van der Waals surface area contributed by atoms with Crippen LogP contribution in [-0.2, 0) is 20.6 Å². The van der Waals surface area contributed by atoms with Gasteiger partial charge in [-0.05, 0) is 12.1 Å².